The molecule has 0 aliphatic heterocycles. The Morgan fingerprint density at radius 3 is 2.79 bits per heavy atom. The van der Waals surface area contributed by atoms with Gasteiger partial charge in [-0.1, -0.05) is 28.1 Å². The molecule has 1 atom stereocenters. The Hall–Kier alpha value is -1.46. The number of hydrogen-bond donors (Lipinski definition) is 1. The monoisotopic (exact) mass is 321 g/mol. The Morgan fingerprint density at radius 1 is 1.32 bits per heavy atom. The highest BCUT2D eigenvalue weighted by atomic mass is 79.9. The van der Waals surface area contributed by atoms with E-state index in [0.29, 0.717) is 12.3 Å². The van der Waals surface area contributed by atoms with E-state index in [-0.39, 0.29) is 6.04 Å². The average Bonchev–Trinajstić information content (AvgIpc) is 2.42. The van der Waals surface area contributed by atoms with Crippen LogP contribution < -0.4 is 10.5 Å². The van der Waals surface area contributed by atoms with Gasteiger partial charge in [0.2, 0.25) is 5.88 Å². The second-order valence-corrected chi connectivity index (χ2v) is 5.23. The van der Waals surface area contributed by atoms with Crippen molar-refractivity contribution in [2.24, 2.45) is 5.73 Å². The molecule has 2 N–H and O–H groups in total. The van der Waals surface area contributed by atoms with Crippen molar-refractivity contribution in [3.8, 4) is 5.88 Å². The zero-order valence-corrected chi connectivity index (χ0v) is 12.5. The van der Waals surface area contributed by atoms with Gasteiger partial charge in [-0.25, -0.2) is 9.97 Å². The van der Waals surface area contributed by atoms with Gasteiger partial charge in [-0.05, 0) is 24.1 Å². The normalized spacial score (nSPS) is 12.2. The van der Waals surface area contributed by atoms with Crippen LogP contribution in [0, 0.1) is 6.92 Å². The van der Waals surface area contributed by atoms with Crippen LogP contribution in [0.15, 0.2) is 35.1 Å². The molecule has 1 heterocycles. The highest BCUT2D eigenvalue weighted by molar-refractivity contribution is 9.10. The van der Waals surface area contributed by atoms with Gasteiger partial charge in [0.15, 0.2) is 0 Å². The van der Waals surface area contributed by atoms with E-state index in [1.807, 2.05) is 12.1 Å². The number of methoxy groups -OCH3 is 1. The number of hydrogen-bond acceptors (Lipinski definition) is 4. The number of nitrogens with two attached hydrogens (primary N) is 1. The van der Waals surface area contributed by atoms with Gasteiger partial charge in [0, 0.05) is 28.7 Å². The Labute approximate surface area is 121 Å². The van der Waals surface area contributed by atoms with E-state index in [4.69, 9.17) is 10.5 Å². The summed E-state index contributed by atoms with van der Waals surface area (Å²) in [5.41, 5.74) is 9.36. The average molecular weight is 322 g/mol. The molecule has 0 aliphatic rings. The Morgan fingerprint density at radius 2 is 2.11 bits per heavy atom. The van der Waals surface area contributed by atoms with Crippen molar-refractivity contribution < 1.29 is 4.74 Å². The number of benzene rings is 1. The van der Waals surface area contributed by atoms with Crippen molar-refractivity contribution in [3.05, 3.63) is 51.9 Å². The second kappa shape index (κ2) is 6.12. The van der Waals surface area contributed by atoms with Gasteiger partial charge < -0.3 is 10.5 Å². The molecule has 100 valence electrons. The van der Waals surface area contributed by atoms with Crippen LogP contribution in [0.25, 0.3) is 0 Å². The maximum absolute atomic E-state index is 6.22. The quantitative estimate of drug-likeness (QED) is 0.940. The van der Waals surface area contributed by atoms with Crippen LogP contribution in [0.5, 0.6) is 5.88 Å². The summed E-state index contributed by atoms with van der Waals surface area (Å²) >= 11 is 3.52. The lowest BCUT2D eigenvalue weighted by Gasteiger charge is -2.13. The van der Waals surface area contributed by atoms with Gasteiger partial charge in [-0.3, -0.25) is 0 Å². The first kappa shape index (κ1) is 14.0. The Balaban J connectivity index is 2.15. The summed E-state index contributed by atoms with van der Waals surface area (Å²) in [5, 5.41) is 0. The van der Waals surface area contributed by atoms with Crippen LogP contribution >= 0.6 is 15.9 Å². The number of aryl methyl sites for hydroxylation is 1. The zero-order valence-electron chi connectivity index (χ0n) is 10.9. The van der Waals surface area contributed by atoms with Crippen molar-refractivity contribution in [2.75, 3.05) is 7.11 Å². The third kappa shape index (κ3) is 3.52. The molecular weight excluding hydrogens is 306 g/mol. The van der Waals surface area contributed by atoms with Crippen molar-refractivity contribution in [1.82, 2.24) is 9.97 Å². The van der Waals surface area contributed by atoms with E-state index in [1.165, 1.54) is 11.9 Å². The molecule has 0 spiro atoms. The highest BCUT2D eigenvalue weighted by Gasteiger charge is 2.10. The van der Waals surface area contributed by atoms with E-state index in [1.54, 1.807) is 7.11 Å². The molecule has 0 saturated heterocycles. The molecule has 1 aromatic heterocycles. The summed E-state index contributed by atoms with van der Waals surface area (Å²) in [6, 6.07) is 7.86. The van der Waals surface area contributed by atoms with Gasteiger partial charge in [-0.2, -0.15) is 0 Å². The molecule has 0 bridgehead atoms. The van der Waals surface area contributed by atoms with Crippen molar-refractivity contribution in [1.29, 1.82) is 0 Å². The maximum atomic E-state index is 6.22. The second-order valence-electron chi connectivity index (χ2n) is 4.37. The van der Waals surface area contributed by atoms with Crippen molar-refractivity contribution in [3.63, 3.8) is 0 Å². The number of halogens is 1. The van der Waals surface area contributed by atoms with E-state index in [2.05, 4.69) is 45.0 Å². The predicted molar refractivity (Wildman–Crippen MR) is 78.1 cm³/mol. The zero-order chi connectivity index (χ0) is 13.8. The van der Waals surface area contributed by atoms with E-state index in [0.717, 1.165) is 15.7 Å². The molecule has 0 fully saturated rings. The smallest absolute Gasteiger partial charge is 0.216 e. The molecule has 0 amide bonds. The summed E-state index contributed by atoms with van der Waals surface area (Å²) in [6.45, 7) is 2.05. The SMILES string of the molecule is COc1cc(CC(N)c2ccc(C)c(Br)c2)ncn1. The molecule has 0 radical (unpaired) electrons. The summed E-state index contributed by atoms with van der Waals surface area (Å²) in [4.78, 5) is 8.19. The minimum absolute atomic E-state index is 0.100. The number of rotatable bonds is 4. The lowest BCUT2D eigenvalue weighted by atomic mass is 10.0. The van der Waals surface area contributed by atoms with Gasteiger partial charge >= 0.3 is 0 Å². The van der Waals surface area contributed by atoms with Gasteiger partial charge in [0.1, 0.15) is 6.33 Å². The number of ether oxygens (including phenoxy) is 1. The molecule has 0 saturated carbocycles. The molecule has 4 nitrogen and oxygen atoms in total. The van der Waals surface area contributed by atoms with Crippen molar-refractivity contribution in [2.45, 2.75) is 19.4 Å². The summed E-state index contributed by atoms with van der Waals surface area (Å²) in [5.74, 6) is 0.558. The number of aromatic nitrogens is 2. The molecule has 2 rings (SSSR count). The molecule has 1 aromatic carbocycles. The molecule has 1 unspecified atom stereocenters. The van der Waals surface area contributed by atoms with Crippen LogP contribution in [-0.4, -0.2) is 17.1 Å². The van der Waals surface area contributed by atoms with E-state index < -0.39 is 0 Å². The van der Waals surface area contributed by atoms with Gasteiger partial charge in [0.05, 0.1) is 7.11 Å². The predicted octanol–water partition coefficient (Wildman–Crippen LogP) is 2.80. The molecule has 19 heavy (non-hydrogen) atoms. The summed E-state index contributed by atoms with van der Waals surface area (Å²) in [6.07, 6.45) is 2.14. The summed E-state index contributed by atoms with van der Waals surface area (Å²) < 4.78 is 6.15. The molecule has 2 aromatic rings. The first-order chi connectivity index (χ1) is 9.10. The minimum Gasteiger partial charge on any atom is -0.481 e. The Kier molecular flexibility index (Phi) is 4.50. The lowest BCUT2D eigenvalue weighted by molar-refractivity contribution is 0.395. The lowest BCUT2D eigenvalue weighted by Crippen LogP contribution is -2.14. The van der Waals surface area contributed by atoms with Crippen molar-refractivity contribution >= 4 is 15.9 Å². The first-order valence-electron chi connectivity index (χ1n) is 5.96. The third-order valence-corrected chi connectivity index (χ3v) is 3.82. The minimum atomic E-state index is -0.100. The van der Waals surface area contributed by atoms with Crippen LogP contribution in [0.4, 0.5) is 0 Å². The van der Waals surface area contributed by atoms with Crippen LogP contribution in [0.2, 0.25) is 0 Å². The number of nitrogens with zero attached hydrogens (tertiary/aromatic N) is 2. The fraction of sp³-hybridized carbons (Fsp3) is 0.286. The molecule has 5 heteroatoms. The first-order valence-corrected chi connectivity index (χ1v) is 6.76. The largest absolute Gasteiger partial charge is 0.481 e. The Bertz CT molecular complexity index is 574. The topological polar surface area (TPSA) is 61.0 Å². The van der Waals surface area contributed by atoms with Crippen LogP contribution in [0.1, 0.15) is 22.9 Å². The fourth-order valence-corrected chi connectivity index (χ4v) is 2.18. The third-order valence-electron chi connectivity index (χ3n) is 2.96. The van der Waals surface area contributed by atoms with E-state index in [9.17, 15) is 0 Å². The molecule has 0 aliphatic carbocycles. The van der Waals surface area contributed by atoms with Gasteiger partial charge in [-0.15, -0.1) is 0 Å². The van der Waals surface area contributed by atoms with Gasteiger partial charge in [0.25, 0.3) is 0 Å². The maximum Gasteiger partial charge on any atom is 0.216 e. The highest BCUT2D eigenvalue weighted by Crippen LogP contribution is 2.23. The molecular formula is C14H16BrN3O. The van der Waals surface area contributed by atoms with Crippen LogP contribution in [0.3, 0.4) is 0 Å². The van der Waals surface area contributed by atoms with Crippen LogP contribution in [-0.2, 0) is 6.42 Å². The fourth-order valence-electron chi connectivity index (χ4n) is 1.78. The van der Waals surface area contributed by atoms with E-state index >= 15 is 0 Å². The standard InChI is InChI=1S/C14H16BrN3O/c1-9-3-4-10(5-12(9)15)13(16)6-11-7-14(19-2)18-8-17-11/h3-5,7-8,13H,6,16H2,1-2H3. The summed E-state index contributed by atoms with van der Waals surface area (Å²) in [7, 11) is 1.59.